The van der Waals surface area contributed by atoms with E-state index in [1.165, 1.54) is 30.5 Å². The number of furan rings is 1. The van der Waals surface area contributed by atoms with E-state index in [1.54, 1.807) is 12.1 Å². The Balaban J connectivity index is 1.32. The number of rotatable bonds is 8. The Kier molecular flexibility index (Phi) is 5.64. The van der Waals surface area contributed by atoms with Gasteiger partial charge in [0.1, 0.15) is 11.6 Å². The molecule has 0 atom stereocenters. The molecule has 2 aromatic carbocycles. The largest absolute Gasteiger partial charge is 0.468 e. The van der Waals surface area contributed by atoms with Crippen LogP contribution in [0.15, 0.2) is 76.2 Å². The fourth-order valence-electron chi connectivity index (χ4n) is 2.97. The normalized spacial score (nSPS) is 11.6. The van der Waals surface area contributed by atoms with Gasteiger partial charge in [0, 0.05) is 18.5 Å². The van der Waals surface area contributed by atoms with E-state index in [4.69, 9.17) is 4.42 Å². The van der Waals surface area contributed by atoms with Gasteiger partial charge in [0.25, 0.3) is 5.91 Å². The number of hydrogen-bond donors (Lipinski definition) is 3. The molecular weight excluding hydrogens is 404 g/mol. The van der Waals surface area contributed by atoms with Gasteiger partial charge in [-0.25, -0.2) is 18.1 Å². The van der Waals surface area contributed by atoms with E-state index in [9.17, 15) is 13.2 Å². The number of fused-ring (bicyclic) bond motifs is 1. The average Bonchev–Trinajstić information content (AvgIpc) is 3.42. The number of nitrogens with zero attached hydrogens (tertiary/aromatic N) is 1. The highest BCUT2D eigenvalue weighted by Gasteiger charge is 2.15. The lowest BCUT2D eigenvalue weighted by atomic mass is 10.2. The maximum absolute atomic E-state index is 12.3. The number of nitrogens with one attached hydrogen (secondary N) is 3. The number of hydrogen-bond acceptors (Lipinski definition) is 5. The second-order valence-corrected chi connectivity index (χ2v) is 8.40. The van der Waals surface area contributed by atoms with Crippen LogP contribution < -0.4 is 10.0 Å². The zero-order valence-corrected chi connectivity index (χ0v) is 16.8. The second kappa shape index (κ2) is 8.52. The minimum atomic E-state index is -3.70. The number of amides is 1. The summed E-state index contributed by atoms with van der Waals surface area (Å²) in [5, 5.41) is 2.82. The quantitative estimate of drug-likeness (QED) is 0.402. The number of aromatic amines is 1. The Labute approximate surface area is 173 Å². The van der Waals surface area contributed by atoms with Crippen LogP contribution in [0.4, 0.5) is 0 Å². The predicted octanol–water partition coefficient (Wildman–Crippen LogP) is 2.61. The Bertz CT molecular complexity index is 1210. The first-order chi connectivity index (χ1) is 14.5. The van der Waals surface area contributed by atoms with Crippen LogP contribution in [0, 0.1) is 0 Å². The molecule has 154 valence electrons. The number of imidazole rings is 1. The number of aromatic nitrogens is 2. The molecule has 4 rings (SSSR count). The summed E-state index contributed by atoms with van der Waals surface area (Å²) in [7, 11) is -3.70. The van der Waals surface area contributed by atoms with Crippen molar-refractivity contribution in [2.75, 3.05) is 6.54 Å². The minimum absolute atomic E-state index is 0.0549. The Morgan fingerprint density at radius 3 is 2.57 bits per heavy atom. The van der Waals surface area contributed by atoms with Gasteiger partial charge in [-0.15, -0.1) is 0 Å². The maximum atomic E-state index is 12.3. The van der Waals surface area contributed by atoms with Crippen LogP contribution in [0.25, 0.3) is 11.0 Å². The van der Waals surface area contributed by atoms with Crippen LogP contribution in [0.1, 0.15) is 21.9 Å². The first-order valence-electron chi connectivity index (χ1n) is 9.35. The van der Waals surface area contributed by atoms with Gasteiger partial charge in [0.15, 0.2) is 0 Å². The maximum Gasteiger partial charge on any atom is 0.251 e. The lowest BCUT2D eigenvalue weighted by Crippen LogP contribution is -2.26. The second-order valence-electron chi connectivity index (χ2n) is 6.63. The van der Waals surface area contributed by atoms with E-state index in [-0.39, 0.29) is 17.3 Å². The van der Waals surface area contributed by atoms with E-state index in [0.29, 0.717) is 24.3 Å². The van der Waals surface area contributed by atoms with Gasteiger partial charge in [0.05, 0.1) is 28.7 Å². The number of benzene rings is 2. The van der Waals surface area contributed by atoms with Crippen LogP contribution in [0.5, 0.6) is 0 Å². The summed E-state index contributed by atoms with van der Waals surface area (Å²) in [5.74, 6) is 1.03. The van der Waals surface area contributed by atoms with E-state index < -0.39 is 10.0 Å². The molecule has 9 heteroatoms. The van der Waals surface area contributed by atoms with E-state index in [1.807, 2.05) is 24.3 Å². The summed E-state index contributed by atoms with van der Waals surface area (Å²) < 4.78 is 32.3. The third-order valence-corrected chi connectivity index (χ3v) is 5.95. The number of H-pyrrole nitrogens is 1. The monoisotopic (exact) mass is 424 g/mol. The van der Waals surface area contributed by atoms with Gasteiger partial charge in [-0.3, -0.25) is 4.79 Å². The molecule has 0 saturated carbocycles. The molecule has 0 unspecified atom stereocenters. The van der Waals surface area contributed by atoms with Crippen molar-refractivity contribution in [2.45, 2.75) is 17.9 Å². The molecule has 1 amide bonds. The van der Waals surface area contributed by atoms with Crippen molar-refractivity contribution >= 4 is 27.0 Å². The third-order valence-electron chi connectivity index (χ3n) is 4.53. The number of sulfonamides is 1. The average molecular weight is 424 g/mol. The molecule has 2 aromatic heterocycles. The van der Waals surface area contributed by atoms with Crippen LogP contribution in [0.2, 0.25) is 0 Å². The Hall–Kier alpha value is -3.43. The van der Waals surface area contributed by atoms with Crippen molar-refractivity contribution in [3.8, 4) is 0 Å². The fraction of sp³-hybridized carbons (Fsp3) is 0.143. The van der Waals surface area contributed by atoms with Crippen molar-refractivity contribution in [1.29, 1.82) is 0 Å². The van der Waals surface area contributed by atoms with Crippen LogP contribution >= 0.6 is 0 Å². The standard InChI is InChI=1S/C21H20N4O4S/c26-21(22-12-11-20-24-18-5-1-2-6-19(18)25-20)15-7-9-17(10-8-15)30(27,28)23-14-16-4-3-13-29-16/h1-10,13,23H,11-12,14H2,(H,22,26)(H,24,25). The number of carbonyl (C=O) groups is 1. The van der Waals surface area contributed by atoms with Gasteiger partial charge >= 0.3 is 0 Å². The molecule has 0 aliphatic rings. The van der Waals surface area contributed by atoms with E-state index in [0.717, 1.165) is 16.9 Å². The van der Waals surface area contributed by atoms with Gasteiger partial charge in [-0.05, 0) is 48.5 Å². The molecule has 2 heterocycles. The van der Waals surface area contributed by atoms with Crippen molar-refractivity contribution in [2.24, 2.45) is 0 Å². The predicted molar refractivity (Wildman–Crippen MR) is 111 cm³/mol. The Morgan fingerprint density at radius 2 is 1.83 bits per heavy atom. The lowest BCUT2D eigenvalue weighted by molar-refractivity contribution is 0.0954. The zero-order valence-electron chi connectivity index (χ0n) is 16.0. The van der Waals surface area contributed by atoms with E-state index in [2.05, 4.69) is 20.0 Å². The molecule has 0 radical (unpaired) electrons. The van der Waals surface area contributed by atoms with E-state index >= 15 is 0 Å². The summed E-state index contributed by atoms with van der Waals surface area (Å²) in [5.41, 5.74) is 2.22. The summed E-state index contributed by atoms with van der Waals surface area (Å²) in [4.78, 5) is 20.1. The fourth-order valence-corrected chi connectivity index (χ4v) is 3.96. The van der Waals surface area contributed by atoms with Crippen molar-refractivity contribution in [3.63, 3.8) is 0 Å². The SMILES string of the molecule is O=C(NCCc1nc2ccccc2[nH]1)c1ccc(S(=O)(=O)NCc2ccco2)cc1. The molecule has 0 spiro atoms. The van der Waals surface area contributed by atoms with Gasteiger partial charge in [-0.1, -0.05) is 12.1 Å². The van der Waals surface area contributed by atoms with Crippen molar-refractivity contribution in [3.05, 3.63) is 84.1 Å². The van der Waals surface area contributed by atoms with Crippen LogP contribution in [0.3, 0.4) is 0 Å². The first kappa shape index (κ1) is 19.9. The minimum Gasteiger partial charge on any atom is -0.468 e. The van der Waals surface area contributed by atoms with Gasteiger partial charge < -0.3 is 14.7 Å². The first-order valence-corrected chi connectivity index (χ1v) is 10.8. The molecular formula is C21H20N4O4S. The summed E-state index contributed by atoms with van der Waals surface area (Å²) in [6.07, 6.45) is 2.04. The van der Waals surface area contributed by atoms with Crippen LogP contribution in [-0.4, -0.2) is 30.8 Å². The summed E-state index contributed by atoms with van der Waals surface area (Å²) in [6.45, 7) is 0.461. The molecule has 0 aliphatic carbocycles. The van der Waals surface area contributed by atoms with Gasteiger partial charge in [-0.2, -0.15) is 0 Å². The molecule has 8 nitrogen and oxygen atoms in total. The Morgan fingerprint density at radius 1 is 1.03 bits per heavy atom. The highest BCUT2D eigenvalue weighted by atomic mass is 32.2. The smallest absolute Gasteiger partial charge is 0.251 e. The molecule has 3 N–H and O–H groups in total. The molecule has 4 aromatic rings. The molecule has 0 aliphatic heterocycles. The molecule has 0 bridgehead atoms. The lowest BCUT2D eigenvalue weighted by Gasteiger charge is -2.07. The number of para-hydroxylation sites is 2. The highest BCUT2D eigenvalue weighted by molar-refractivity contribution is 7.89. The van der Waals surface area contributed by atoms with Crippen LogP contribution in [-0.2, 0) is 23.0 Å². The summed E-state index contributed by atoms with van der Waals surface area (Å²) in [6, 6.07) is 16.9. The van der Waals surface area contributed by atoms with Crippen molar-refractivity contribution in [1.82, 2.24) is 20.0 Å². The highest BCUT2D eigenvalue weighted by Crippen LogP contribution is 2.12. The number of carbonyl (C=O) groups excluding carboxylic acids is 1. The molecule has 30 heavy (non-hydrogen) atoms. The molecule has 0 fully saturated rings. The van der Waals surface area contributed by atoms with Crippen molar-refractivity contribution < 1.29 is 17.6 Å². The molecule has 0 saturated heterocycles. The van der Waals surface area contributed by atoms with Gasteiger partial charge in [0.2, 0.25) is 10.0 Å². The zero-order chi connectivity index (χ0) is 21.0. The summed E-state index contributed by atoms with van der Waals surface area (Å²) >= 11 is 0. The topological polar surface area (TPSA) is 117 Å². The third kappa shape index (κ3) is 4.58.